The van der Waals surface area contributed by atoms with Crippen molar-refractivity contribution in [2.45, 2.75) is 13.8 Å². The molecule has 0 aliphatic rings. The summed E-state index contributed by atoms with van der Waals surface area (Å²) in [5.41, 5.74) is 3.04. The van der Waals surface area contributed by atoms with Gasteiger partial charge in [-0.3, -0.25) is 0 Å². The highest BCUT2D eigenvalue weighted by molar-refractivity contribution is 5.83. The Balaban J connectivity index is 2.80. The first-order valence-corrected chi connectivity index (χ1v) is 4.48. The third kappa shape index (κ3) is 1.31. The largest absolute Gasteiger partial charge is 0.496 e. The van der Waals surface area contributed by atoms with Gasteiger partial charge in [-0.15, -0.1) is 0 Å². The molecule has 0 amide bonds. The van der Waals surface area contributed by atoms with E-state index in [1.54, 1.807) is 13.4 Å². The molecule has 0 N–H and O–H groups in total. The van der Waals surface area contributed by atoms with Gasteiger partial charge in [0.15, 0.2) is 0 Å². The molecule has 0 unspecified atom stereocenters. The molecule has 0 aliphatic carbocycles. The average molecular weight is 188 g/mol. The number of hydrogen-bond acceptors (Lipinski definition) is 3. The van der Waals surface area contributed by atoms with Crippen molar-refractivity contribution >= 4 is 10.9 Å². The molecule has 14 heavy (non-hydrogen) atoms. The van der Waals surface area contributed by atoms with Crippen LogP contribution in [0.25, 0.3) is 10.9 Å². The lowest BCUT2D eigenvalue weighted by Crippen LogP contribution is -1.91. The van der Waals surface area contributed by atoms with Crippen LogP contribution in [0.3, 0.4) is 0 Å². The first-order valence-electron chi connectivity index (χ1n) is 4.48. The molecule has 1 aromatic heterocycles. The Labute approximate surface area is 82.8 Å². The Morgan fingerprint density at radius 2 is 1.93 bits per heavy atom. The van der Waals surface area contributed by atoms with E-state index in [9.17, 15) is 0 Å². The molecule has 2 aromatic rings. The first kappa shape index (κ1) is 8.94. The van der Waals surface area contributed by atoms with Gasteiger partial charge in [0, 0.05) is 11.1 Å². The summed E-state index contributed by atoms with van der Waals surface area (Å²) in [5.74, 6) is 0.885. The predicted octanol–water partition coefficient (Wildman–Crippen LogP) is 2.26. The smallest absolute Gasteiger partial charge is 0.122 e. The van der Waals surface area contributed by atoms with Crippen LogP contribution in [0, 0.1) is 13.8 Å². The lowest BCUT2D eigenvalue weighted by molar-refractivity contribution is 0.412. The Kier molecular flexibility index (Phi) is 2.08. The second-order valence-electron chi connectivity index (χ2n) is 3.30. The van der Waals surface area contributed by atoms with Crippen molar-refractivity contribution in [1.82, 2.24) is 9.97 Å². The van der Waals surface area contributed by atoms with Crippen molar-refractivity contribution < 1.29 is 4.74 Å². The third-order valence-electron chi connectivity index (χ3n) is 2.35. The van der Waals surface area contributed by atoms with Crippen LogP contribution >= 0.6 is 0 Å². The highest BCUT2D eigenvalue weighted by Gasteiger charge is 2.04. The molecule has 3 heteroatoms. The van der Waals surface area contributed by atoms with Crippen molar-refractivity contribution in [1.29, 1.82) is 0 Å². The van der Waals surface area contributed by atoms with Gasteiger partial charge in [-0.1, -0.05) is 0 Å². The van der Waals surface area contributed by atoms with Crippen LogP contribution < -0.4 is 4.74 Å². The molecule has 1 aromatic carbocycles. The lowest BCUT2D eigenvalue weighted by atomic mass is 10.1. The molecule has 0 saturated carbocycles. The zero-order valence-electron chi connectivity index (χ0n) is 8.53. The highest BCUT2D eigenvalue weighted by atomic mass is 16.5. The van der Waals surface area contributed by atoms with Gasteiger partial charge in [-0.05, 0) is 31.5 Å². The monoisotopic (exact) mass is 188 g/mol. The van der Waals surface area contributed by atoms with Crippen molar-refractivity contribution in [3.05, 3.63) is 29.7 Å². The van der Waals surface area contributed by atoms with Crippen LogP contribution in [0.2, 0.25) is 0 Å². The van der Waals surface area contributed by atoms with Crippen LogP contribution in [0.4, 0.5) is 0 Å². The Morgan fingerprint density at radius 1 is 1.14 bits per heavy atom. The number of methoxy groups -OCH3 is 1. The van der Waals surface area contributed by atoms with E-state index in [1.165, 1.54) is 0 Å². The molecular formula is C11H12N2O. The molecule has 0 radical (unpaired) electrons. The second-order valence-corrected chi connectivity index (χ2v) is 3.30. The Morgan fingerprint density at radius 3 is 2.64 bits per heavy atom. The minimum Gasteiger partial charge on any atom is -0.496 e. The summed E-state index contributed by atoms with van der Waals surface area (Å²) < 4.78 is 5.25. The van der Waals surface area contributed by atoms with Crippen LogP contribution in [0.5, 0.6) is 5.75 Å². The molecule has 0 aliphatic heterocycles. The van der Waals surface area contributed by atoms with Gasteiger partial charge in [0.25, 0.3) is 0 Å². The van der Waals surface area contributed by atoms with Crippen molar-refractivity contribution in [2.75, 3.05) is 7.11 Å². The predicted molar refractivity (Wildman–Crippen MR) is 55.6 cm³/mol. The van der Waals surface area contributed by atoms with Crippen LogP contribution in [0.1, 0.15) is 11.3 Å². The molecule has 0 atom stereocenters. The molecule has 0 bridgehead atoms. The number of benzene rings is 1. The summed E-state index contributed by atoms with van der Waals surface area (Å²) in [6.07, 6.45) is 1.59. The Bertz CT molecular complexity index is 480. The van der Waals surface area contributed by atoms with Crippen LogP contribution in [-0.2, 0) is 0 Å². The maximum atomic E-state index is 5.25. The van der Waals surface area contributed by atoms with Crippen molar-refractivity contribution in [3.63, 3.8) is 0 Å². The summed E-state index contributed by atoms with van der Waals surface area (Å²) >= 11 is 0. The lowest BCUT2D eigenvalue weighted by Gasteiger charge is -2.07. The van der Waals surface area contributed by atoms with E-state index < -0.39 is 0 Å². The fraction of sp³-hybridized carbons (Fsp3) is 0.273. The topological polar surface area (TPSA) is 35.0 Å². The zero-order valence-corrected chi connectivity index (χ0v) is 8.53. The fourth-order valence-electron chi connectivity index (χ4n) is 1.54. The number of hydrogen-bond donors (Lipinski definition) is 0. The minimum atomic E-state index is 0.885. The molecule has 0 spiro atoms. The van der Waals surface area contributed by atoms with Gasteiger partial charge in [0.05, 0.1) is 12.6 Å². The zero-order chi connectivity index (χ0) is 10.1. The molecule has 72 valence electrons. The number of nitrogens with zero attached hydrogens (tertiary/aromatic N) is 2. The summed E-state index contributed by atoms with van der Waals surface area (Å²) in [7, 11) is 1.67. The van der Waals surface area contributed by atoms with Gasteiger partial charge in [-0.2, -0.15) is 0 Å². The first-order chi connectivity index (χ1) is 6.72. The van der Waals surface area contributed by atoms with E-state index in [1.807, 2.05) is 26.0 Å². The average Bonchev–Trinajstić information content (AvgIpc) is 2.17. The third-order valence-corrected chi connectivity index (χ3v) is 2.35. The quantitative estimate of drug-likeness (QED) is 0.688. The van der Waals surface area contributed by atoms with Crippen LogP contribution in [0.15, 0.2) is 18.5 Å². The summed E-state index contributed by atoms with van der Waals surface area (Å²) in [5, 5.41) is 1.05. The summed E-state index contributed by atoms with van der Waals surface area (Å²) in [6, 6.07) is 4.00. The van der Waals surface area contributed by atoms with E-state index in [4.69, 9.17) is 4.74 Å². The maximum absolute atomic E-state index is 5.25. The number of aromatic nitrogens is 2. The minimum absolute atomic E-state index is 0.885. The van der Waals surface area contributed by atoms with Gasteiger partial charge in [0.1, 0.15) is 12.1 Å². The fourth-order valence-corrected chi connectivity index (χ4v) is 1.54. The molecule has 2 rings (SSSR count). The SMILES string of the molecule is COc1cc2c(C)ncnc2cc1C. The number of aryl methyl sites for hydroxylation is 2. The van der Waals surface area contributed by atoms with E-state index in [2.05, 4.69) is 9.97 Å². The normalized spacial score (nSPS) is 10.5. The van der Waals surface area contributed by atoms with Crippen molar-refractivity contribution in [2.24, 2.45) is 0 Å². The van der Waals surface area contributed by atoms with Crippen molar-refractivity contribution in [3.8, 4) is 5.75 Å². The van der Waals surface area contributed by atoms with E-state index in [-0.39, 0.29) is 0 Å². The standard InChI is InChI=1S/C11H12N2O/c1-7-4-10-9(5-11(7)14-3)8(2)12-6-13-10/h4-6H,1-3H3. The number of ether oxygens (including phenoxy) is 1. The second kappa shape index (κ2) is 3.25. The molecule has 3 nitrogen and oxygen atoms in total. The highest BCUT2D eigenvalue weighted by Crippen LogP contribution is 2.24. The number of rotatable bonds is 1. The summed E-state index contributed by atoms with van der Waals surface area (Å²) in [4.78, 5) is 8.36. The molecule has 1 heterocycles. The maximum Gasteiger partial charge on any atom is 0.122 e. The van der Waals surface area contributed by atoms with E-state index in [0.29, 0.717) is 0 Å². The van der Waals surface area contributed by atoms with E-state index in [0.717, 1.165) is 27.9 Å². The Hall–Kier alpha value is -1.64. The van der Waals surface area contributed by atoms with Gasteiger partial charge < -0.3 is 4.74 Å². The van der Waals surface area contributed by atoms with Gasteiger partial charge in [-0.25, -0.2) is 9.97 Å². The number of fused-ring (bicyclic) bond motifs is 1. The summed E-state index contributed by atoms with van der Waals surface area (Å²) in [6.45, 7) is 3.98. The van der Waals surface area contributed by atoms with Gasteiger partial charge in [0.2, 0.25) is 0 Å². The molecule has 0 fully saturated rings. The van der Waals surface area contributed by atoms with E-state index >= 15 is 0 Å². The van der Waals surface area contributed by atoms with Crippen LogP contribution in [-0.4, -0.2) is 17.1 Å². The van der Waals surface area contributed by atoms with Gasteiger partial charge >= 0.3 is 0 Å². The molecule has 0 saturated heterocycles. The molecular weight excluding hydrogens is 176 g/mol.